The zero-order chi connectivity index (χ0) is 14.5. The van der Waals surface area contributed by atoms with E-state index in [0.29, 0.717) is 5.92 Å². The predicted octanol–water partition coefficient (Wildman–Crippen LogP) is 4.48. The minimum absolute atomic E-state index is 0.656. The molecule has 1 aliphatic carbocycles. The van der Waals surface area contributed by atoms with Gasteiger partial charge in [0.15, 0.2) is 0 Å². The zero-order valence-corrected chi connectivity index (χ0v) is 13.7. The van der Waals surface area contributed by atoms with Crippen molar-refractivity contribution in [3.8, 4) is 0 Å². The lowest BCUT2D eigenvalue weighted by atomic mass is 9.81. The molecule has 3 nitrogen and oxygen atoms in total. The highest BCUT2D eigenvalue weighted by Gasteiger charge is 2.18. The molecule has 3 heteroatoms. The average molecular weight is 277 g/mol. The second kappa shape index (κ2) is 7.14. The first-order chi connectivity index (χ1) is 9.54. The Labute approximate surface area is 124 Å². The third-order valence-corrected chi connectivity index (χ3v) is 4.43. The van der Waals surface area contributed by atoms with Gasteiger partial charge in [0.2, 0.25) is 5.95 Å². The van der Waals surface area contributed by atoms with Crippen LogP contribution in [0.25, 0.3) is 0 Å². The van der Waals surface area contributed by atoms with E-state index in [2.05, 4.69) is 48.8 Å². The van der Waals surface area contributed by atoms with Gasteiger partial charge < -0.3 is 9.88 Å². The summed E-state index contributed by atoms with van der Waals surface area (Å²) >= 11 is 0. The lowest BCUT2D eigenvalue weighted by molar-refractivity contribution is 0.281. The largest absolute Gasteiger partial charge is 0.356 e. The maximum atomic E-state index is 4.61. The van der Waals surface area contributed by atoms with E-state index < -0.39 is 0 Å². The molecule has 2 rings (SSSR count). The number of rotatable bonds is 6. The number of hydrogen-bond acceptors (Lipinski definition) is 2. The van der Waals surface area contributed by atoms with Crippen LogP contribution in [-0.2, 0) is 6.54 Å². The maximum absolute atomic E-state index is 4.61. The first-order valence-corrected chi connectivity index (χ1v) is 8.32. The average Bonchev–Trinajstić information content (AvgIpc) is 2.71. The smallest absolute Gasteiger partial charge is 0.203 e. The molecule has 0 aromatic carbocycles. The van der Waals surface area contributed by atoms with Crippen LogP contribution >= 0.6 is 0 Å². The molecule has 1 aliphatic rings. The van der Waals surface area contributed by atoms with Crippen LogP contribution < -0.4 is 5.32 Å². The fourth-order valence-corrected chi connectivity index (χ4v) is 3.23. The van der Waals surface area contributed by atoms with E-state index in [-0.39, 0.29) is 0 Å². The normalized spacial score (nSPS) is 23.2. The Balaban J connectivity index is 1.78. The quantitative estimate of drug-likeness (QED) is 0.831. The molecule has 1 heterocycles. The van der Waals surface area contributed by atoms with E-state index in [9.17, 15) is 0 Å². The van der Waals surface area contributed by atoms with Gasteiger partial charge in [0.05, 0.1) is 5.69 Å². The van der Waals surface area contributed by atoms with Gasteiger partial charge in [-0.1, -0.05) is 46.5 Å². The van der Waals surface area contributed by atoms with Crippen molar-refractivity contribution in [2.75, 3.05) is 11.9 Å². The van der Waals surface area contributed by atoms with E-state index in [1.807, 2.05) is 0 Å². The summed E-state index contributed by atoms with van der Waals surface area (Å²) < 4.78 is 2.27. The Morgan fingerprint density at radius 2 is 2.00 bits per heavy atom. The zero-order valence-electron chi connectivity index (χ0n) is 13.7. The van der Waals surface area contributed by atoms with Gasteiger partial charge in [-0.15, -0.1) is 0 Å². The molecule has 1 aromatic rings. The second-order valence-corrected chi connectivity index (χ2v) is 7.09. The maximum Gasteiger partial charge on any atom is 0.203 e. The van der Waals surface area contributed by atoms with Crippen LogP contribution in [0.2, 0.25) is 0 Å². The van der Waals surface area contributed by atoms with Crippen molar-refractivity contribution in [2.24, 2.45) is 17.8 Å². The molecule has 1 aromatic heterocycles. The van der Waals surface area contributed by atoms with Crippen molar-refractivity contribution in [3.63, 3.8) is 0 Å². The number of imidazole rings is 1. The van der Waals surface area contributed by atoms with Gasteiger partial charge >= 0.3 is 0 Å². The minimum atomic E-state index is 0.656. The molecule has 0 unspecified atom stereocenters. The molecule has 1 N–H and O–H groups in total. The van der Waals surface area contributed by atoms with Crippen molar-refractivity contribution < 1.29 is 0 Å². The topological polar surface area (TPSA) is 29.9 Å². The van der Waals surface area contributed by atoms with Gasteiger partial charge in [0, 0.05) is 19.3 Å². The standard InChI is InChI=1S/C17H31N3/c1-13(2)11-20-12-15(4)19-17(20)18-10-9-16-7-5-14(3)6-8-16/h12-14,16H,5-11H2,1-4H3,(H,18,19). The summed E-state index contributed by atoms with van der Waals surface area (Å²) in [7, 11) is 0. The highest BCUT2D eigenvalue weighted by molar-refractivity contribution is 5.28. The molecule has 20 heavy (non-hydrogen) atoms. The fourth-order valence-electron chi connectivity index (χ4n) is 3.23. The predicted molar refractivity (Wildman–Crippen MR) is 86.0 cm³/mol. The Bertz CT molecular complexity index is 400. The summed E-state index contributed by atoms with van der Waals surface area (Å²) in [5.74, 6) is 3.59. The van der Waals surface area contributed by atoms with E-state index in [0.717, 1.165) is 36.6 Å². The van der Waals surface area contributed by atoms with Crippen molar-refractivity contribution >= 4 is 5.95 Å². The van der Waals surface area contributed by atoms with Gasteiger partial charge in [0.25, 0.3) is 0 Å². The Morgan fingerprint density at radius 1 is 1.30 bits per heavy atom. The molecule has 0 aliphatic heterocycles. The molecule has 0 bridgehead atoms. The molecule has 0 spiro atoms. The first kappa shape index (κ1) is 15.4. The molecule has 114 valence electrons. The van der Waals surface area contributed by atoms with Gasteiger partial charge in [-0.05, 0) is 31.1 Å². The van der Waals surface area contributed by atoms with Crippen LogP contribution in [0.5, 0.6) is 0 Å². The highest BCUT2D eigenvalue weighted by atomic mass is 15.2. The van der Waals surface area contributed by atoms with Crippen molar-refractivity contribution in [1.29, 1.82) is 0 Å². The van der Waals surface area contributed by atoms with Crippen LogP contribution in [-0.4, -0.2) is 16.1 Å². The molecule has 0 amide bonds. The van der Waals surface area contributed by atoms with Crippen LogP contribution in [0.3, 0.4) is 0 Å². The lowest BCUT2D eigenvalue weighted by Gasteiger charge is -2.26. The SMILES string of the molecule is Cc1cn(CC(C)C)c(NCCC2CCC(C)CC2)n1. The van der Waals surface area contributed by atoms with Crippen LogP contribution in [0.4, 0.5) is 5.95 Å². The fraction of sp³-hybridized carbons (Fsp3) is 0.824. The van der Waals surface area contributed by atoms with Gasteiger partial charge in [0.1, 0.15) is 0 Å². The minimum Gasteiger partial charge on any atom is -0.356 e. The number of nitrogens with one attached hydrogen (secondary N) is 1. The molecule has 0 radical (unpaired) electrons. The van der Waals surface area contributed by atoms with Crippen LogP contribution in [0.1, 0.15) is 58.6 Å². The molecular formula is C17H31N3. The number of aryl methyl sites for hydroxylation is 1. The molecule has 0 atom stereocenters. The van der Waals surface area contributed by atoms with E-state index >= 15 is 0 Å². The van der Waals surface area contributed by atoms with Crippen molar-refractivity contribution in [2.45, 2.75) is 66.3 Å². The molecular weight excluding hydrogens is 246 g/mol. The van der Waals surface area contributed by atoms with Gasteiger partial charge in [-0.25, -0.2) is 4.98 Å². The number of hydrogen-bond donors (Lipinski definition) is 1. The van der Waals surface area contributed by atoms with E-state index in [1.54, 1.807) is 0 Å². The molecule has 1 saturated carbocycles. The Kier molecular flexibility index (Phi) is 5.50. The van der Waals surface area contributed by atoms with E-state index in [1.165, 1.54) is 32.1 Å². The van der Waals surface area contributed by atoms with Crippen LogP contribution in [0, 0.1) is 24.7 Å². The lowest BCUT2D eigenvalue weighted by Crippen LogP contribution is -2.17. The summed E-state index contributed by atoms with van der Waals surface area (Å²) in [6.07, 6.45) is 9.13. The second-order valence-electron chi connectivity index (χ2n) is 7.09. The number of anilines is 1. The van der Waals surface area contributed by atoms with E-state index in [4.69, 9.17) is 0 Å². The summed E-state index contributed by atoms with van der Waals surface area (Å²) in [5.41, 5.74) is 1.11. The summed E-state index contributed by atoms with van der Waals surface area (Å²) in [6.45, 7) is 11.1. The third kappa shape index (κ3) is 4.53. The summed E-state index contributed by atoms with van der Waals surface area (Å²) in [5, 5.41) is 3.55. The number of aromatic nitrogens is 2. The first-order valence-electron chi connectivity index (χ1n) is 8.32. The summed E-state index contributed by atoms with van der Waals surface area (Å²) in [4.78, 5) is 4.61. The Morgan fingerprint density at radius 3 is 2.65 bits per heavy atom. The van der Waals surface area contributed by atoms with Gasteiger partial charge in [-0.2, -0.15) is 0 Å². The van der Waals surface area contributed by atoms with Crippen molar-refractivity contribution in [3.05, 3.63) is 11.9 Å². The van der Waals surface area contributed by atoms with Gasteiger partial charge in [-0.3, -0.25) is 0 Å². The van der Waals surface area contributed by atoms with Crippen molar-refractivity contribution in [1.82, 2.24) is 9.55 Å². The summed E-state index contributed by atoms with van der Waals surface area (Å²) in [6, 6.07) is 0. The van der Waals surface area contributed by atoms with Crippen LogP contribution in [0.15, 0.2) is 6.20 Å². The monoisotopic (exact) mass is 277 g/mol. The Hall–Kier alpha value is -0.990. The highest BCUT2D eigenvalue weighted by Crippen LogP contribution is 2.30. The third-order valence-electron chi connectivity index (χ3n) is 4.43. The number of nitrogens with zero attached hydrogens (tertiary/aromatic N) is 2. The molecule has 0 saturated heterocycles. The molecule has 1 fully saturated rings.